The fraction of sp³-hybridized carbons (Fsp3) is 0.364. The molecule has 5 nitrogen and oxygen atoms in total. The second-order valence-electron chi connectivity index (χ2n) is 6.87. The topological polar surface area (TPSA) is 47.9 Å². The van der Waals surface area contributed by atoms with Gasteiger partial charge in [0.1, 0.15) is 5.82 Å². The van der Waals surface area contributed by atoms with Crippen LogP contribution < -0.4 is 10.3 Å². The number of hydrazone groups is 1. The SMILES string of the molecule is CC/C(=N\NC(=O)CCN1CCN(c2ccccc2)CC1)c1ccc(F)cc1. The predicted molar refractivity (Wildman–Crippen MR) is 111 cm³/mol. The van der Waals surface area contributed by atoms with Gasteiger partial charge >= 0.3 is 0 Å². The molecule has 0 saturated carbocycles. The van der Waals surface area contributed by atoms with Crippen LogP contribution in [-0.2, 0) is 4.79 Å². The third-order valence-corrected chi connectivity index (χ3v) is 4.98. The van der Waals surface area contributed by atoms with Crippen molar-refractivity contribution >= 4 is 17.3 Å². The van der Waals surface area contributed by atoms with Gasteiger partial charge in [0.2, 0.25) is 5.91 Å². The van der Waals surface area contributed by atoms with Gasteiger partial charge in [0.25, 0.3) is 0 Å². The number of nitrogens with one attached hydrogen (secondary N) is 1. The molecule has 148 valence electrons. The fourth-order valence-electron chi connectivity index (χ4n) is 3.30. The molecular formula is C22H27FN4O. The highest BCUT2D eigenvalue weighted by Crippen LogP contribution is 2.15. The van der Waals surface area contributed by atoms with Crippen molar-refractivity contribution in [3.05, 3.63) is 66.0 Å². The number of benzene rings is 2. The van der Waals surface area contributed by atoms with Crippen LogP contribution in [0.3, 0.4) is 0 Å². The molecule has 0 aliphatic carbocycles. The molecule has 0 aromatic heterocycles. The van der Waals surface area contributed by atoms with Gasteiger partial charge in [-0.1, -0.05) is 37.3 Å². The predicted octanol–water partition coefficient (Wildman–Crippen LogP) is 3.27. The second-order valence-corrected chi connectivity index (χ2v) is 6.87. The lowest BCUT2D eigenvalue weighted by molar-refractivity contribution is -0.121. The molecule has 0 atom stereocenters. The van der Waals surface area contributed by atoms with Gasteiger partial charge in [-0.25, -0.2) is 9.82 Å². The van der Waals surface area contributed by atoms with E-state index in [1.807, 2.05) is 13.0 Å². The van der Waals surface area contributed by atoms with Gasteiger partial charge in [-0.2, -0.15) is 5.10 Å². The first-order valence-electron chi connectivity index (χ1n) is 9.79. The summed E-state index contributed by atoms with van der Waals surface area (Å²) in [5, 5.41) is 4.23. The van der Waals surface area contributed by atoms with E-state index in [1.54, 1.807) is 12.1 Å². The standard InChI is InChI=1S/C22H27FN4O/c1-2-21(18-8-10-19(23)11-9-18)24-25-22(28)12-13-26-14-16-27(17-15-26)20-6-4-3-5-7-20/h3-11H,2,12-17H2,1H3,(H,25,28)/b24-21+. The van der Waals surface area contributed by atoms with Crippen molar-refractivity contribution in [2.75, 3.05) is 37.6 Å². The summed E-state index contributed by atoms with van der Waals surface area (Å²) >= 11 is 0. The van der Waals surface area contributed by atoms with Crippen molar-refractivity contribution in [3.8, 4) is 0 Å². The van der Waals surface area contributed by atoms with Gasteiger partial charge in [-0.15, -0.1) is 0 Å². The summed E-state index contributed by atoms with van der Waals surface area (Å²) in [6.45, 7) is 6.51. The molecule has 2 aromatic carbocycles. The second kappa shape index (κ2) is 9.99. The summed E-state index contributed by atoms with van der Waals surface area (Å²) in [4.78, 5) is 16.8. The summed E-state index contributed by atoms with van der Waals surface area (Å²) < 4.78 is 13.0. The summed E-state index contributed by atoms with van der Waals surface area (Å²) in [7, 11) is 0. The number of rotatable bonds is 7. The number of nitrogens with zero attached hydrogens (tertiary/aromatic N) is 3. The summed E-state index contributed by atoms with van der Waals surface area (Å²) in [6.07, 6.45) is 1.07. The molecule has 2 aromatic rings. The van der Waals surface area contributed by atoms with Crippen LogP contribution in [0.25, 0.3) is 0 Å². The van der Waals surface area contributed by atoms with Gasteiger partial charge < -0.3 is 4.90 Å². The van der Waals surface area contributed by atoms with Gasteiger partial charge in [0.05, 0.1) is 5.71 Å². The van der Waals surface area contributed by atoms with E-state index in [2.05, 4.69) is 44.6 Å². The van der Waals surface area contributed by atoms with Crippen LogP contribution in [0.2, 0.25) is 0 Å². The summed E-state index contributed by atoms with van der Waals surface area (Å²) in [5.74, 6) is -0.380. The Morgan fingerprint density at radius 2 is 1.71 bits per heavy atom. The third kappa shape index (κ3) is 5.63. The first-order chi connectivity index (χ1) is 13.7. The Labute approximate surface area is 165 Å². The lowest BCUT2D eigenvalue weighted by Crippen LogP contribution is -2.47. The normalized spacial score (nSPS) is 15.5. The highest BCUT2D eigenvalue weighted by Gasteiger charge is 2.17. The summed E-state index contributed by atoms with van der Waals surface area (Å²) in [5.41, 5.74) is 5.45. The number of hydrogen-bond donors (Lipinski definition) is 1. The monoisotopic (exact) mass is 382 g/mol. The Morgan fingerprint density at radius 1 is 1.04 bits per heavy atom. The minimum absolute atomic E-state index is 0.0986. The lowest BCUT2D eigenvalue weighted by atomic mass is 10.1. The lowest BCUT2D eigenvalue weighted by Gasteiger charge is -2.36. The number of carbonyl (C=O) groups excluding carboxylic acids is 1. The molecular weight excluding hydrogens is 355 g/mol. The largest absolute Gasteiger partial charge is 0.369 e. The van der Waals surface area contributed by atoms with E-state index >= 15 is 0 Å². The number of para-hydroxylation sites is 1. The minimum atomic E-state index is -0.282. The molecule has 1 saturated heterocycles. The Bertz CT molecular complexity index is 784. The maximum atomic E-state index is 13.0. The van der Waals surface area contributed by atoms with Crippen LogP contribution in [-0.4, -0.2) is 49.2 Å². The van der Waals surface area contributed by atoms with E-state index in [0.29, 0.717) is 12.8 Å². The van der Waals surface area contributed by atoms with E-state index in [4.69, 9.17) is 0 Å². The van der Waals surface area contributed by atoms with E-state index in [1.165, 1.54) is 17.8 Å². The number of carbonyl (C=O) groups is 1. The minimum Gasteiger partial charge on any atom is -0.369 e. The van der Waals surface area contributed by atoms with Crippen molar-refractivity contribution in [3.63, 3.8) is 0 Å². The Kier molecular flexibility index (Phi) is 7.14. The molecule has 1 amide bonds. The Balaban J connectivity index is 1.42. The zero-order valence-corrected chi connectivity index (χ0v) is 16.3. The number of halogens is 1. The average molecular weight is 382 g/mol. The van der Waals surface area contributed by atoms with E-state index in [9.17, 15) is 9.18 Å². The summed E-state index contributed by atoms with van der Waals surface area (Å²) in [6, 6.07) is 16.6. The quantitative estimate of drug-likeness (QED) is 0.591. The molecule has 0 bridgehead atoms. The molecule has 1 N–H and O–H groups in total. The molecule has 0 unspecified atom stereocenters. The van der Waals surface area contributed by atoms with E-state index in [0.717, 1.165) is 44.0 Å². The van der Waals surface area contributed by atoms with Gasteiger partial charge in [0.15, 0.2) is 0 Å². The molecule has 1 heterocycles. The molecule has 1 aliphatic heterocycles. The molecule has 1 aliphatic rings. The van der Waals surface area contributed by atoms with Crippen molar-refractivity contribution in [1.29, 1.82) is 0 Å². The van der Waals surface area contributed by atoms with Crippen LogP contribution in [0.4, 0.5) is 10.1 Å². The zero-order chi connectivity index (χ0) is 19.8. The zero-order valence-electron chi connectivity index (χ0n) is 16.3. The average Bonchev–Trinajstić information content (AvgIpc) is 2.75. The first-order valence-corrected chi connectivity index (χ1v) is 9.79. The number of amides is 1. The van der Waals surface area contributed by atoms with Crippen molar-refractivity contribution in [2.24, 2.45) is 5.10 Å². The Morgan fingerprint density at radius 3 is 2.36 bits per heavy atom. The molecule has 28 heavy (non-hydrogen) atoms. The fourth-order valence-corrected chi connectivity index (χ4v) is 3.30. The first kappa shape index (κ1) is 20.0. The Hall–Kier alpha value is -2.73. The van der Waals surface area contributed by atoms with Gasteiger partial charge in [0, 0.05) is 44.8 Å². The van der Waals surface area contributed by atoms with Crippen molar-refractivity contribution in [1.82, 2.24) is 10.3 Å². The van der Waals surface area contributed by atoms with Crippen LogP contribution in [0, 0.1) is 5.82 Å². The van der Waals surface area contributed by atoms with Crippen molar-refractivity contribution < 1.29 is 9.18 Å². The molecule has 6 heteroatoms. The highest BCUT2D eigenvalue weighted by atomic mass is 19.1. The molecule has 0 spiro atoms. The maximum absolute atomic E-state index is 13.0. The third-order valence-electron chi connectivity index (χ3n) is 4.98. The molecule has 3 rings (SSSR count). The van der Waals surface area contributed by atoms with E-state index < -0.39 is 0 Å². The number of anilines is 1. The van der Waals surface area contributed by atoms with Crippen molar-refractivity contribution in [2.45, 2.75) is 19.8 Å². The highest BCUT2D eigenvalue weighted by molar-refractivity contribution is 6.00. The van der Waals surface area contributed by atoms with Crippen LogP contribution in [0.1, 0.15) is 25.3 Å². The number of hydrogen-bond acceptors (Lipinski definition) is 4. The van der Waals surface area contributed by atoms with Crippen LogP contribution in [0.15, 0.2) is 59.7 Å². The molecule has 0 radical (unpaired) electrons. The van der Waals surface area contributed by atoms with E-state index in [-0.39, 0.29) is 11.7 Å². The van der Waals surface area contributed by atoms with Gasteiger partial charge in [-0.05, 0) is 36.2 Å². The smallest absolute Gasteiger partial charge is 0.241 e. The van der Waals surface area contributed by atoms with Gasteiger partial charge in [-0.3, -0.25) is 9.69 Å². The number of piperazine rings is 1. The van der Waals surface area contributed by atoms with Crippen LogP contribution >= 0.6 is 0 Å². The maximum Gasteiger partial charge on any atom is 0.241 e. The molecule has 1 fully saturated rings. The van der Waals surface area contributed by atoms with Crippen LogP contribution in [0.5, 0.6) is 0 Å².